The lowest BCUT2D eigenvalue weighted by molar-refractivity contribution is 0.0600. The maximum absolute atomic E-state index is 12.5. The lowest BCUT2D eigenvalue weighted by Gasteiger charge is -2.15. The van der Waals surface area contributed by atoms with E-state index in [-0.39, 0.29) is 27.8 Å². The molecule has 2 N–H and O–H groups in total. The number of aromatic hydroxyl groups is 1. The van der Waals surface area contributed by atoms with E-state index in [1.807, 2.05) is 13.8 Å². The van der Waals surface area contributed by atoms with E-state index in [0.29, 0.717) is 5.69 Å². The number of phenolic OH excluding ortho intramolecular Hbond substituents is 1. The van der Waals surface area contributed by atoms with Gasteiger partial charge in [-0.3, -0.25) is 4.79 Å². The number of rotatable bonds is 5. The zero-order valence-electron chi connectivity index (χ0n) is 14.3. The van der Waals surface area contributed by atoms with Crippen molar-refractivity contribution in [3.05, 3.63) is 58.1 Å². The van der Waals surface area contributed by atoms with Crippen LogP contribution in [0.4, 0.5) is 5.69 Å². The first-order valence-electron chi connectivity index (χ1n) is 7.90. The van der Waals surface area contributed by atoms with Gasteiger partial charge >= 0.3 is 5.97 Å². The number of carbonyl (C=O) groups is 2. The van der Waals surface area contributed by atoms with Crippen LogP contribution in [0.1, 0.15) is 52.5 Å². The van der Waals surface area contributed by atoms with Crippen LogP contribution in [0.15, 0.2) is 36.4 Å². The van der Waals surface area contributed by atoms with Gasteiger partial charge in [-0.15, -0.1) is 0 Å². The van der Waals surface area contributed by atoms with Gasteiger partial charge < -0.3 is 15.2 Å². The van der Waals surface area contributed by atoms with Gasteiger partial charge in [0.1, 0.15) is 5.75 Å². The summed E-state index contributed by atoms with van der Waals surface area (Å²) in [7, 11) is 1.28. The fourth-order valence-electron chi connectivity index (χ4n) is 2.41. The number of hydrogen-bond acceptors (Lipinski definition) is 4. The van der Waals surface area contributed by atoms with Crippen molar-refractivity contribution in [2.24, 2.45) is 0 Å². The number of ether oxygens (including phenoxy) is 1. The number of halogens is 1. The van der Waals surface area contributed by atoms with Crippen molar-refractivity contribution < 1.29 is 19.4 Å². The number of hydrogen-bond donors (Lipinski definition) is 2. The van der Waals surface area contributed by atoms with E-state index in [0.717, 1.165) is 12.0 Å². The second-order valence-electron chi connectivity index (χ2n) is 5.69. The molecule has 0 saturated heterocycles. The standard InChI is InChI=1S/C19H20ClNO4/c1-4-11(2)13-6-5-7-14(17(13)22)18(23)21-16-9-8-12(10-15(16)20)19(24)25-3/h5-11,22H,4H2,1-3H3,(H,21,23). The van der Waals surface area contributed by atoms with Crippen LogP contribution in [0.25, 0.3) is 0 Å². The van der Waals surface area contributed by atoms with Crippen LogP contribution in [-0.2, 0) is 4.74 Å². The van der Waals surface area contributed by atoms with E-state index in [1.165, 1.54) is 25.3 Å². The second-order valence-corrected chi connectivity index (χ2v) is 6.10. The molecule has 0 aliphatic carbocycles. The predicted molar refractivity (Wildman–Crippen MR) is 97.6 cm³/mol. The van der Waals surface area contributed by atoms with Gasteiger partial charge in [-0.1, -0.05) is 37.6 Å². The van der Waals surface area contributed by atoms with Crippen LogP contribution in [0, 0.1) is 0 Å². The molecule has 25 heavy (non-hydrogen) atoms. The zero-order valence-corrected chi connectivity index (χ0v) is 15.1. The molecule has 0 bridgehead atoms. The maximum Gasteiger partial charge on any atom is 0.337 e. The minimum Gasteiger partial charge on any atom is -0.507 e. The third-order valence-corrected chi connectivity index (χ3v) is 4.41. The van der Waals surface area contributed by atoms with Crippen LogP contribution >= 0.6 is 11.6 Å². The summed E-state index contributed by atoms with van der Waals surface area (Å²) in [5.41, 5.74) is 1.52. The van der Waals surface area contributed by atoms with Crippen molar-refractivity contribution in [3.63, 3.8) is 0 Å². The molecule has 0 radical (unpaired) electrons. The fraction of sp³-hybridized carbons (Fsp3) is 0.263. The monoisotopic (exact) mass is 361 g/mol. The van der Waals surface area contributed by atoms with Crippen molar-refractivity contribution in [3.8, 4) is 5.75 Å². The second kappa shape index (κ2) is 8.03. The summed E-state index contributed by atoms with van der Waals surface area (Å²) in [5.74, 6) is -0.888. The average molecular weight is 362 g/mol. The molecule has 2 aromatic carbocycles. The number of esters is 1. The Kier molecular flexibility index (Phi) is 6.04. The third-order valence-electron chi connectivity index (χ3n) is 4.09. The van der Waals surface area contributed by atoms with Crippen molar-refractivity contribution in [1.82, 2.24) is 0 Å². The lowest BCUT2D eigenvalue weighted by Crippen LogP contribution is -2.13. The van der Waals surface area contributed by atoms with Gasteiger partial charge in [0.25, 0.3) is 5.91 Å². The molecule has 2 aromatic rings. The Labute approximate surface area is 151 Å². The molecule has 0 fully saturated rings. The topological polar surface area (TPSA) is 75.6 Å². The van der Waals surface area contributed by atoms with Crippen LogP contribution in [-0.4, -0.2) is 24.1 Å². The molecule has 0 saturated carbocycles. The molecule has 0 aromatic heterocycles. The van der Waals surface area contributed by atoms with Crippen LogP contribution in [0.2, 0.25) is 5.02 Å². The van der Waals surface area contributed by atoms with E-state index in [2.05, 4.69) is 10.1 Å². The largest absolute Gasteiger partial charge is 0.507 e. The highest BCUT2D eigenvalue weighted by Crippen LogP contribution is 2.32. The zero-order chi connectivity index (χ0) is 18.6. The summed E-state index contributed by atoms with van der Waals surface area (Å²) in [6.45, 7) is 4.00. The number of para-hydroxylation sites is 1. The molecule has 0 aliphatic rings. The Balaban J connectivity index is 2.27. The van der Waals surface area contributed by atoms with Gasteiger partial charge in [-0.05, 0) is 42.2 Å². The Bertz CT molecular complexity index is 804. The van der Waals surface area contributed by atoms with Crippen LogP contribution < -0.4 is 5.32 Å². The Hall–Kier alpha value is -2.53. The van der Waals surface area contributed by atoms with Crippen molar-refractivity contribution in [2.75, 3.05) is 12.4 Å². The maximum atomic E-state index is 12.5. The molecule has 0 heterocycles. The molecular formula is C19H20ClNO4. The van der Waals surface area contributed by atoms with Gasteiger partial charge in [0.05, 0.1) is 28.9 Å². The number of benzene rings is 2. The number of methoxy groups -OCH3 is 1. The van der Waals surface area contributed by atoms with E-state index >= 15 is 0 Å². The van der Waals surface area contributed by atoms with Crippen molar-refractivity contribution in [2.45, 2.75) is 26.2 Å². The molecule has 1 atom stereocenters. The number of amides is 1. The molecule has 1 unspecified atom stereocenters. The first-order valence-corrected chi connectivity index (χ1v) is 8.27. The quantitative estimate of drug-likeness (QED) is 0.763. The van der Waals surface area contributed by atoms with Gasteiger partial charge in [-0.2, -0.15) is 0 Å². The molecule has 5 nitrogen and oxygen atoms in total. The fourth-order valence-corrected chi connectivity index (χ4v) is 2.64. The molecule has 6 heteroatoms. The molecular weight excluding hydrogens is 342 g/mol. The van der Waals surface area contributed by atoms with E-state index in [4.69, 9.17) is 11.6 Å². The Morgan fingerprint density at radius 3 is 2.60 bits per heavy atom. The molecule has 2 rings (SSSR count). The highest BCUT2D eigenvalue weighted by atomic mass is 35.5. The minimum absolute atomic E-state index is 0.0309. The molecule has 0 aliphatic heterocycles. The minimum atomic E-state index is -0.515. The average Bonchev–Trinajstić information content (AvgIpc) is 2.62. The third kappa shape index (κ3) is 4.12. The van der Waals surface area contributed by atoms with E-state index in [1.54, 1.807) is 18.2 Å². The van der Waals surface area contributed by atoms with Crippen molar-refractivity contribution in [1.29, 1.82) is 0 Å². The van der Waals surface area contributed by atoms with Gasteiger partial charge in [0, 0.05) is 0 Å². The van der Waals surface area contributed by atoms with E-state index in [9.17, 15) is 14.7 Å². The normalized spacial score (nSPS) is 11.7. The number of phenols is 1. The number of carbonyl (C=O) groups excluding carboxylic acids is 2. The van der Waals surface area contributed by atoms with Crippen LogP contribution in [0.5, 0.6) is 5.75 Å². The summed E-state index contributed by atoms with van der Waals surface area (Å²) in [5, 5.41) is 13.3. The van der Waals surface area contributed by atoms with Gasteiger partial charge in [-0.25, -0.2) is 4.79 Å². The van der Waals surface area contributed by atoms with Gasteiger partial charge in [0.15, 0.2) is 0 Å². The summed E-state index contributed by atoms with van der Waals surface area (Å²) in [6, 6.07) is 9.52. The summed E-state index contributed by atoms with van der Waals surface area (Å²) in [4.78, 5) is 24.0. The summed E-state index contributed by atoms with van der Waals surface area (Å²) in [6.07, 6.45) is 0.847. The first kappa shape index (κ1) is 18.8. The number of nitrogens with one attached hydrogen (secondary N) is 1. The van der Waals surface area contributed by atoms with Gasteiger partial charge in [0.2, 0.25) is 0 Å². The highest BCUT2D eigenvalue weighted by Gasteiger charge is 2.18. The smallest absolute Gasteiger partial charge is 0.337 e. The Morgan fingerprint density at radius 2 is 2.00 bits per heavy atom. The Morgan fingerprint density at radius 1 is 1.28 bits per heavy atom. The highest BCUT2D eigenvalue weighted by molar-refractivity contribution is 6.34. The summed E-state index contributed by atoms with van der Waals surface area (Å²) < 4.78 is 4.63. The van der Waals surface area contributed by atoms with Crippen molar-refractivity contribution >= 4 is 29.2 Å². The predicted octanol–water partition coefficient (Wildman–Crippen LogP) is 4.60. The first-order chi connectivity index (χ1) is 11.9. The molecule has 0 spiro atoms. The molecule has 1 amide bonds. The number of anilines is 1. The van der Waals surface area contributed by atoms with E-state index < -0.39 is 11.9 Å². The SMILES string of the molecule is CCC(C)c1cccc(C(=O)Nc2ccc(C(=O)OC)cc2Cl)c1O. The summed E-state index contributed by atoms with van der Waals surface area (Å²) >= 11 is 6.12. The lowest BCUT2D eigenvalue weighted by atomic mass is 9.95. The van der Waals surface area contributed by atoms with Crippen LogP contribution in [0.3, 0.4) is 0 Å². The molecule has 132 valence electrons.